The van der Waals surface area contributed by atoms with Crippen molar-refractivity contribution in [2.75, 3.05) is 26.2 Å². The fourth-order valence-corrected chi connectivity index (χ4v) is 4.17. The molecule has 0 unspecified atom stereocenters. The van der Waals surface area contributed by atoms with E-state index >= 15 is 0 Å². The van der Waals surface area contributed by atoms with Crippen molar-refractivity contribution in [2.24, 2.45) is 0 Å². The molecule has 0 saturated carbocycles. The van der Waals surface area contributed by atoms with Crippen LogP contribution in [0.2, 0.25) is 0 Å². The van der Waals surface area contributed by atoms with Crippen LogP contribution < -0.4 is 0 Å². The number of nitrogens with zero attached hydrogens (tertiary/aromatic N) is 5. The number of hydrogen-bond acceptors (Lipinski definition) is 7. The summed E-state index contributed by atoms with van der Waals surface area (Å²) in [5.74, 6) is 1.58. The highest BCUT2D eigenvalue weighted by molar-refractivity contribution is 7.09. The molecule has 7 nitrogen and oxygen atoms in total. The molecule has 1 aliphatic heterocycles. The van der Waals surface area contributed by atoms with Gasteiger partial charge >= 0.3 is 0 Å². The van der Waals surface area contributed by atoms with Crippen molar-refractivity contribution < 1.29 is 9.32 Å². The lowest BCUT2D eigenvalue weighted by Gasteiger charge is -2.20. The van der Waals surface area contributed by atoms with Crippen LogP contribution in [0.1, 0.15) is 47.5 Å². The second kappa shape index (κ2) is 8.84. The Balaban J connectivity index is 1.35. The molecule has 0 N–H and O–H groups in total. The van der Waals surface area contributed by atoms with Gasteiger partial charge in [-0.15, -0.1) is 11.3 Å². The maximum absolute atomic E-state index is 12.8. The third-order valence-corrected chi connectivity index (χ3v) is 6.11. The van der Waals surface area contributed by atoms with Gasteiger partial charge in [-0.25, -0.2) is 4.98 Å². The van der Waals surface area contributed by atoms with Crippen molar-refractivity contribution in [3.63, 3.8) is 0 Å². The first-order valence-electron chi connectivity index (χ1n) is 9.95. The lowest BCUT2D eigenvalue weighted by molar-refractivity contribution is 0.0755. The van der Waals surface area contributed by atoms with Crippen molar-refractivity contribution in [1.82, 2.24) is 24.9 Å². The van der Waals surface area contributed by atoms with Gasteiger partial charge in [-0.3, -0.25) is 9.69 Å². The molecule has 0 aliphatic carbocycles. The molecule has 0 radical (unpaired) electrons. The predicted molar refractivity (Wildman–Crippen MR) is 112 cm³/mol. The molecule has 3 heterocycles. The Morgan fingerprint density at radius 2 is 1.97 bits per heavy atom. The van der Waals surface area contributed by atoms with E-state index in [-0.39, 0.29) is 5.91 Å². The molecule has 8 heteroatoms. The van der Waals surface area contributed by atoms with E-state index in [0.717, 1.165) is 36.6 Å². The molecule has 1 aromatic carbocycles. The van der Waals surface area contributed by atoms with Gasteiger partial charge in [-0.2, -0.15) is 4.98 Å². The van der Waals surface area contributed by atoms with Gasteiger partial charge in [0.2, 0.25) is 0 Å². The highest BCUT2D eigenvalue weighted by atomic mass is 32.1. The normalized spacial score (nSPS) is 15.6. The minimum absolute atomic E-state index is 0.0286. The zero-order valence-electron chi connectivity index (χ0n) is 16.7. The maximum atomic E-state index is 12.8. The smallest absolute Gasteiger partial charge is 0.273 e. The molecule has 2 aromatic heterocycles. The number of carbonyl (C=O) groups excluding carboxylic acids is 1. The number of rotatable bonds is 5. The molecule has 1 saturated heterocycles. The summed E-state index contributed by atoms with van der Waals surface area (Å²) < 4.78 is 5.40. The van der Waals surface area contributed by atoms with Gasteiger partial charge < -0.3 is 9.42 Å². The Hall–Kier alpha value is -2.58. The Kier molecular flexibility index (Phi) is 6.01. The van der Waals surface area contributed by atoms with E-state index in [9.17, 15) is 4.79 Å². The van der Waals surface area contributed by atoms with Crippen molar-refractivity contribution in [3.05, 3.63) is 52.2 Å². The van der Waals surface area contributed by atoms with Crippen LogP contribution >= 0.6 is 11.3 Å². The third kappa shape index (κ3) is 4.71. The summed E-state index contributed by atoms with van der Waals surface area (Å²) in [7, 11) is 0. The maximum Gasteiger partial charge on any atom is 0.273 e. The topological polar surface area (TPSA) is 75.4 Å². The van der Waals surface area contributed by atoms with Gasteiger partial charge in [0.25, 0.3) is 11.8 Å². The molecule has 4 rings (SSSR count). The second-order valence-corrected chi connectivity index (χ2v) is 8.42. The summed E-state index contributed by atoms with van der Waals surface area (Å²) in [4.78, 5) is 26.0. The van der Waals surface area contributed by atoms with Crippen LogP contribution in [0, 0.1) is 0 Å². The fraction of sp³-hybridized carbons (Fsp3) is 0.429. The van der Waals surface area contributed by atoms with Crippen molar-refractivity contribution >= 4 is 17.2 Å². The first-order valence-corrected chi connectivity index (χ1v) is 10.8. The van der Waals surface area contributed by atoms with E-state index in [2.05, 4.69) is 33.9 Å². The SMILES string of the molecule is CC(C)c1nc(C(=O)N2CCCN(Cc3noc(-c4ccccc4)n3)CC2)cs1. The van der Waals surface area contributed by atoms with Crippen LogP contribution in [0.3, 0.4) is 0 Å². The zero-order valence-corrected chi connectivity index (χ0v) is 17.6. The Morgan fingerprint density at radius 3 is 2.72 bits per heavy atom. The van der Waals surface area contributed by atoms with E-state index < -0.39 is 0 Å². The second-order valence-electron chi connectivity index (χ2n) is 7.53. The monoisotopic (exact) mass is 411 g/mol. The molecular formula is C21H25N5O2S. The summed E-state index contributed by atoms with van der Waals surface area (Å²) in [6, 6.07) is 9.77. The lowest BCUT2D eigenvalue weighted by atomic mass is 10.2. The van der Waals surface area contributed by atoms with E-state index in [1.54, 1.807) is 11.3 Å². The fourth-order valence-electron chi connectivity index (χ4n) is 3.36. The molecule has 1 aliphatic rings. The number of hydrogen-bond donors (Lipinski definition) is 0. The summed E-state index contributed by atoms with van der Waals surface area (Å²) >= 11 is 1.56. The average Bonchev–Trinajstić information content (AvgIpc) is 3.35. The average molecular weight is 412 g/mol. The molecule has 29 heavy (non-hydrogen) atoms. The summed E-state index contributed by atoms with van der Waals surface area (Å²) in [6.07, 6.45) is 0.913. The number of benzene rings is 1. The molecule has 0 atom stereocenters. The van der Waals surface area contributed by atoms with E-state index in [1.807, 2.05) is 40.6 Å². The summed E-state index contributed by atoms with van der Waals surface area (Å²) in [5.41, 5.74) is 1.49. The Morgan fingerprint density at radius 1 is 1.14 bits per heavy atom. The first kappa shape index (κ1) is 19.7. The highest BCUT2D eigenvalue weighted by Gasteiger charge is 2.23. The van der Waals surface area contributed by atoms with Crippen molar-refractivity contribution in [1.29, 1.82) is 0 Å². The molecule has 0 bridgehead atoms. The molecular weight excluding hydrogens is 386 g/mol. The Labute approximate surface area is 174 Å². The summed E-state index contributed by atoms with van der Waals surface area (Å²) in [6.45, 7) is 7.90. The number of amides is 1. The highest BCUT2D eigenvalue weighted by Crippen LogP contribution is 2.21. The van der Waals surface area contributed by atoms with Crippen LogP contribution in [-0.2, 0) is 6.54 Å². The predicted octanol–water partition coefficient (Wildman–Crippen LogP) is 3.66. The van der Waals surface area contributed by atoms with Crippen LogP contribution in [0.25, 0.3) is 11.5 Å². The zero-order chi connectivity index (χ0) is 20.2. The van der Waals surface area contributed by atoms with Gasteiger partial charge in [0, 0.05) is 43.0 Å². The molecule has 0 spiro atoms. The van der Waals surface area contributed by atoms with Gasteiger partial charge in [-0.05, 0) is 18.6 Å². The standard InChI is InChI=1S/C21H25N5O2S/c1-15(2)20-22-17(14-29-20)21(27)26-10-6-9-25(11-12-26)13-18-23-19(28-24-18)16-7-4-3-5-8-16/h3-5,7-8,14-15H,6,9-13H2,1-2H3. The van der Waals surface area contributed by atoms with E-state index in [1.165, 1.54) is 0 Å². The van der Waals surface area contributed by atoms with Crippen LogP contribution in [0.4, 0.5) is 0 Å². The minimum Gasteiger partial charge on any atom is -0.336 e. The van der Waals surface area contributed by atoms with Gasteiger partial charge in [0.1, 0.15) is 5.69 Å². The van der Waals surface area contributed by atoms with Crippen LogP contribution in [-0.4, -0.2) is 57.0 Å². The van der Waals surface area contributed by atoms with E-state index in [4.69, 9.17) is 4.52 Å². The van der Waals surface area contributed by atoms with Crippen molar-refractivity contribution in [3.8, 4) is 11.5 Å². The molecule has 1 fully saturated rings. The van der Waals surface area contributed by atoms with Gasteiger partial charge in [0.15, 0.2) is 5.82 Å². The lowest BCUT2D eigenvalue weighted by Crippen LogP contribution is -2.35. The summed E-state index contributed by atoms with van der Waals surface area (Å²) in [5, 5.41) is 7.01. The van der Waals surface area contributed by atoms with Gasteiger partial charge in [-0.1, -0.05) is 37.2 Å². The number of aromatic nitrogens is 3. The Bertz CT molecular complexity index is 953. The quantitative estimate of drug-likeness (QED) is 0.638. The molecule has 152 valence electrons. The number of thiazole rings is 1. The van der Waals surface area contributed by atoms with Crippen LogP contribution in [0.15, 0.2) is 40.2 Å². The number of carbonyl (C=O) groups is 1. The van der Waals surface area contributed by atoms with E-state index in [0.29, 0.717) is 36.4 Å². The molecule has 3 aromatic rings. The molecule has 1 amide bonds. The largest absolute Gasteiger partial charge is 0.336 e. The minimum atomic E-state index is 0.0286. The van der Waals surface area contributed by atoms with Gasteiger partial charge in [0.05, 0.1) is 11.6 Å². The van der Waals surface area contributed by atoms with Crippen LogP contribution in [0.5, 0.6) is 0 Å². The third-order valence-electron chi connectivity index (χ3n) is 4.96. The first-order chi connectivity index (χ1) is 14.1. The van der Waals surface area contributed by atoms with Crippen molar-refractivity contribution in [2.45, 2.75) is 32.7 Å².